The van der Waals surface area contributed by atoms with E-state index in [9.17, 15) is 4.79 Å². The third-order valence-electron chi connectivity index (χ3n) is 6.86. The number of amides is 1. The minimum atomic E-state index is -0.213. The van der Waals surface area contributed by atoms with Gasteiger partial charge in [0.25, 0.3) is 5.91 Å². The van der Waals surface area contributed by atoms with E-state index in [0.29, 0.717) is 23.9 Å². The van der Waals surface area contributed by atoms with Crippen molar-refractivity contribution in [3.8, 4) is 17.2 Å². The fourth-order valence-corrected chi connectivity index (χ4v) is 5.24. The summed E-state index contributed by atoms with van der Waals surface area (Å²) in [5.74, 6) is 1.66. The van der Waals surface area contributed by atoms with Crippen LogP contribution in [0.2, 0.25) is 0 Å². The Balaban J connectivity index is 1.32. The molecular formula is C33H47N2O4S+. The number of nitrogens with one attached hydrogen (secondary N) is 1. The van der Waals surface area contributed by atoms with Crippen molar-refractivity contribution in [2.24, 2.45) is 0 Å². The number of aromatic nitrogens is 1. The number of carbonyl (C=O) groups is 1. The number of unbranched alkanes of at least 4 members (excludes halogenated alkanes) is 11. The van der Waals surface area contributed by atoms with Crippen LogP contribution in [-0.4, -0.2) is 26.2 Å². The van der Waals surface area contributed by atoms with Crippen LogP contribution in [0.25, 0.3) is 0 Å². The molecule has 0 spiro atoms. The second-order valence-corrected chi connectivity index (χ2v) is 11.0. The number of anilines is 1. The third-order valence-corrected chi connectivity index (χ3v) is 7.53. The summed E-state index contributed by atoms with van der Waals surface area (Å²) < 4.78 is 19.3. The van der Waals surface area contributed by atoms with E-state index in [0.717, 1.165) is 24.2 Å². The lowest BCUT2D eigenvalue weighted by molar-refractivity contribution is -0.683. The summed E-state index contributed by atoms with van der Waals surface area (Å²) in [6.45, 7) is 3.58. The van der Waals surface area contributed by atoms with Gasteiger partial charge in [0.15, 0.2) is 30.8 Å². The molecule has 0 aliphatic rings. The maximum atomic E-state index is 12.5. The second kappa shape index (κ2) is 19.1. The van der Waals surface area contributed by atoms with E-state index in [1.54, 1.807) is 30.6 Å². The number of methoxy groups -OCH3 is 1. The van der Waals surface area contributed by atoms with Crippen LogP contribution in [0.15, 0.2) is 59.6 Å². The molecule has 3 aromatic rings. The Kier molecular flexibility index (Phi) is 15.0. The van der Waals surface area contributed by atoms with Gasteiger partial charge in [0.2, 0.25) is 5.51 Å². The Hall–Kier alpha value is -3.06. The average molecular weight is 568 g/mol. The number of carbonyl (C=O) groups excluding carboxylic acids is 1. The molecule has 40 heavy (non-hydrogen) atoms. The van der Waals surface area contributed by atoms with Crippen molar-refractivity contribution < 1.29 is 23.6 Å². The van der Waals surface area contributed by atoms with Gasteiger partial charge in [0.05, 0.1) is 19.1 Å². The van der Waals surface area contributed by atoms with Gasteiger partial charge in [0, 0.05) is 17.3 Å². The zero-order valence-electron chi connectivity index (χ0n) is 24.4. The molecule has 0 unspecified atom stereocenters. The zero-order valence-corrected chi connectivity index (χ0v) is 25.2. The Labute approximate surface area is 244 Å². The average Bonchev–Trinajstić information content (AvgIpc) is 3.47. The molecule has 0 radical (unpaired) electrons. The van der Waals surface area contributed by atoms with Gasteiger partial charge in [-0.05, 0) is 30.7 Å². The summed E-state index contributed by atoms with van der Waals surface area (Å²) in [7, 11) is 1.63. The van der Waals surface area contributed by atoms with Crippen LogP contribution in [-0.2, 0) is 11.3 Å². The van der Waals surface area contributed by atoms with Crippen LogP contribution in [0.4, 0.5) is 5.69 Å². The monoisotopic (exact) mass is 567 g/mol. The van der Waals surface area contributed by atoms with Gasteiger partial charge in [-0.1, -0.05) is 101 Å². The molecule has 0 bridgehead atoms. The van der Waals surface area contributed by atoms with Gasteiger partial charge in [-0.3, -0.25) is 4.79 Å². The molecule has 0 aliphatic heterocycles. The normalized spacial score (nSPS) is 10.8. The molecule has 0 saturated heterocycles. The quantitative estimate of drug-likeness (QED) is 0.104. The summed E-state index contributed by atoms with van der Waals surface area (Å²) in [5, 5.41) is 4.96. The smallest absolute Gasteiger partial charge is 0.262 e. The molecule has 7 heteroatoms. The topological polar surface area (TPSA) is 60.7 Å². The van der Waals surface area contributed by atoms with Gasteiger partial charge in [-0.2, -0.15) is 4.57 Å². The Bertz CT molecular complexity index is 1100. The summed E-state index contributed by atoms with van der Waals surface area (Å²) in [5.41, 5.74) is 3.93. The molecule has 1 amide bonds. The highest BCUT2D eigenvalue weighted by molar-refractivity contribution is 7.07. The largest absolute Gasteiger partial charge is 0.493 e. The highest BCUT2D eigenvalue weighted by Crippen LogP contribution is 2.31. The van der Waals surface area contributed by atoms with Crippen molar-refractivity contribution >= 4 is 22.9 Å². The van der Waals surface area contributed by atoms with Gasteiger partial charge in [-0.15, -0.1) is 0 Å². The van der Waals surface area contributed by atoms with Crippen LogP contribution in [0.5, 0.6) is 17.2 Å². The van der Waals surface area contributed by atoms with Crippen LogP contribution in [0, 0.1) is 0 Å². The SMILES string of the molecule is CCCCCCCCCCCCCCOc1cc(OCC(=O)Nc2cccc(C[n+]3ccsc3)c2)ccc1OC. The first-order valence-electron chi connectivity index (χ1n) is 14.9. The number of hydrogen-bond donors (Lipinski definition) is 1. The first kappa shape index (κ1) is 31.5. The standard InChI is InChI=1S/C33H46N2O4S/c1-3-4-5-6-7-8-9-10-11-12-13-14-21-38-32-24-30(18-19-31(32)37-2)39-26-33(36)34-29-17-15-16-28(23-29)25-35-20-22-40-27-35/h15-20,22-24,27H,3-14,21,25-26H2,1-2H3/p+1. The Morgan fingerprint density at radius 1 is 0.850 bits per heavy atom. The number of ether oxygens (including phenoxy) is 3. The molecule has 1 aromatic heterocycles. The van der Waals surface area contributed by atoms with E-state index in [4.69, 9.17) is 14.2 Å². The number of nitrogens with zero attached hydrogens (tertiary/aromatic N) is 1. The van der Waals surface area contributed by atoms with E-state index >= 15 is 0 Å². The number of thiazole rings is 1. The predicted octanol–water partition coefficient (Wildman–Crippen LogP) is 8.19. The van der Waals surface area contributed by atoms with Crippen molar-refractivity contribution in [1.29, 1.82) is 0 Å². The third kappa shape index (κ3) is 12.4. The fraction of sp³-hybridized carbons (Fsp3) is 0.515. The zero-order chi connectivity index (χ0) is 28.3. The van der Waals surface area contributed by atoms with Crippen LogP contribution in [0.1, 0.15) is 89.5 Å². The molecule has 0 saturated carbocycles. The second-order valence-electron chi connectivity index (χ2n) is 10.3. The summed E-state index contributed by atoms with van der Waals surface area (Å²) in [4.78, 5) is 12.5. The molecule has 0 aliphatic carbocycles. The first-order valence-corrected chi connectivity index (χ1v) is 15.9. The lowest BCUT2D eigenvalue weighted by Crippen LogP contribution is -2.30. The lowest BCUT2D eigenvalue weighted by Gasteiger charge is -2.13. The van der Waals surface area contributed by atoms with Crippen LogP contribution < -0.4 is 24.1 Å². The molecule has 0 atom stereocenters. The minimum Gasteiger partial charge on any atom is -0.493 e. The van der Waals surface area contributed by atoms with Crippen LogP contribution >= 0.6 is 11.3 Å². The maximum Gasteiger partial charge on any atom is 0.262 e. The van der Waals surface area contributed by atoms with Crippen molar-refractivity contribution in [3.63, 3.8) is 0 Å². The van der Waals surface area contributed by atoms with Crippen LogP contribution in [0.3, 0.4) is 0 Å². The summed E-state index contributed by atoms with van der Waals surface area (Å²) >= 11 is 1.65. The van der Waals surface area contributed by atoms with E-state index in [1.165, 1.54) is 70.6 Å². The fourth-order valence-electron chi connectivity index (χ4n) is 4.64. The number of rotatable bonds is 21. The van der Waals surface area contributed by atoms with Gasteiger partial charge in [0.1, 0.15) is 5.75 Å². The van der Waals surface area contributed by atoms with Gasteiger partial charge in [-0.25, -0.2) is 0 Å². The Morgan fingerprint density at radius 2 is 1.57 bits per heavy atom. The summed E-state index contributed by atoms with van der Waals surface area (Å²) in [6.07, 6.45) is 17.8. The number of benzene rings is 2. The maximum absolute atomic E-state index is 12.5. The van der Waals surface area contributed by atoms with E-state index in [2.05, 4.69) is 22.3 Å². The van der Waals surface area contributed by atoms with E-state index < -0.39 is 0 Å². The molecular weight excluding hydrogens is 520 g/mol. The van der Waals surface area contributed by atoms with Crippen molar-refractivity contribution in [2.45, 2.75) is 90.5 Å². The molecule has 0 fully saturated rings. The van der Waals surface area contributed by atoms with Crippen molar-refractivity contribution in [2.75, 3.05) is 25.6 Å². The summed E-state index contributed by atoms with van der Waals surface area (Å²) in [6, 6.07) is 13.3. The first-order chi connectivity index (χ1) is 19.7. The molecule has 2 aromatic carbocycles. The van der Waals surface area contributed by atoms with Gasteiger partial charge >= 0.3 is 0 Å². The Morgan fingerprint density at radius 3 is 2.25 bits per heavy atom. The highest BCUT2D eigenvalue weighted by Gasteiger charge is 2.10. The van der Waals surface area contributed by atoms with Crippen molar-refractivity contribution in [1.82, 2.24) is 0 Å². The van der Waals surface area contributed by atoms with Gasteiger partial charge < -0.3 is 19.5 Å². The van der Waals surface area contributed by atoms with E-state index in [1.807, 2.05) is 41.9 Å². The molecule has 3 rings (SSSR count). The molecule has 6 nitrogen and oxygen atoms in total. The van der Waals surface area contributed by atoms with Crippen molar-refractivity contribution in [3.05, 3.63) is 65.1 Å². The van der Waals surface area contributed by atoms with E-state index in [-0.39, 0.29) is 12.5 Å². The molecule has 218 valence electrons. The minimum absolute atomic E-state index is 0.0893. The predicted molar refractivity (Wildman–Crippen MR) is 164 cm³/mol. The molecule has 1 N–H and O–H groups in total. The lowest BCUT2D eigenvalue weighted by atomic mass is 10.1. The molecule has 1 heterocycles. The highest BCUT2D eigenvalue weighted by atomic mass is 32.1. The number of hydrogen-bond acceptors (Lipinski definition) is 5.